The molecular formula is C43H70O. The summed E-state index contributed by atoms with van der Waals surface area (Å²) < 4.78 is 0. The number of aliphatic hydroxyl groups is 1. The molecule has 0 aliphatic heterocycles. The normalized spacial score (nSPS) is 21.5. The van der Waals surface area contributed by atoms with Gasteiger partial charge in [0.15, 0.2) is 0 Å². The highest BCUT2D eigenvalue weighted by Crippen LogP contribution is 2.43. The maximum absolute atomic E-state index is 9.52. The Kier molecular flexibility index (Phi) is 20.8. The van der Waals surface area contributed by atoms with Crippen LogP contribution in [-0.2, 0) is 6.42 Å². The molecule has 2 aliphatic rings. The summed E-state index contributed by atoms with van der Waals surface area (Å²) in [6.45, 7) is 34.8. The van der Waals surface area contributed by atoms with Gasteiger partial charge in [-0.3, -0.25) is 0 Å². The van der Waals surface area contributed by atoms with Crippen LogP contribution in [-0.4, -0.2) is 5.11 Å². The molecule has 0 fully saturated rings. The lowest BCUT2D eigenvalue weighted by Crippen LogP contribution is -2.18. The number of rotatable bonds is 7. The highest BCUT2D eigenvalue weighted by atomic mass is 16.3. The average Bonchev–Trinajstić information content (AvgIpc) is 3.15. The van der Waals surface area contributed by atoms with Crippen molar-refractivity contribution in [1.29, 1.82) is 0 Å². The number of hydrogen-bond acceptors (Lipinski definition) is 1. The lowest BCUT2D eigenvalue weighted by Gasteiger charge is -2.31. The van der Waals surface area contributed by atoms with Gasteiger partial charge in [0.25, 0.3) is 0 Å². The number of benzene rings is 1. The van der Waals surface area contributed by atoms with E-state index in [4.69, 9.17) is 0 Å². The van der Waals surface area contributed by atoms with Gasteiger partial charge >= 0.3 is 0 Å². The molecule has 248 valence electrons. The van der Waals surface area contributed by atoms with E-state index in [1.165, 1.54) is 45.4 Å². The molecule has 1 aromatic carbocycles. The molecule has 0 saturated carbocycles. The molecule has 3 rings (SSSR count). The molecule has 0 aromatic heterocycles. The van der Waals surface area contributed by atoms with Crippen LogP contribution in [0.1, 0.15) is 140 Å². The summed E-state index contributed by atoms with van der Waals surface area (Å²) >= 11 is 0. The van der Waals surface area contributed by atoms with E-state index in [0.29, 0.717) is 35.3 Å². The Hall–Kier alpha value is -2.54. The Bertz CT molecular complexity index is 1150. The standard InChI is InChI=1S/C28H36.C11H22O.2C2H6/c1-8-25-20(6)14-23(13-18(2)3)28-15-21(7)26-12-10-9-11-22(26)16-24(28)17-27(25)19(4)5;1-5-9(3)7-8-11(12)10(4)6-2;2*1-2/h8-12,14-15,18,20,24H,7,13,16-17H2,1-6H3;8-10,12H,5-7H2,1-4H3;2*1-2H3/b23-14-,25-8-;11-8-;;/t20?,24-;;;/m1.../s1. The number of hydrogen-bond donors (Lipinski definition) is 1. The molecule has 44 heavy (non-hydrogen) atoms. The van der Waals surface area contributed by atoms with Gasteiger partial charge in [0.1, 0.15) is 0 Å². The van der Waals surface area contributed by atoms with E-state index >= 15 is 0 Å². The first-order valence-corrected chi connectivity index (χ1v) is 17.8. The third kappa shape index (κ3) is 12.8. The Labute approximate surface area is 275 Å². The molecule has 3 unspecified atom stereocenters. The fourth-order valence-electron chi connectivity index (χ4n) is 5.89. The van der Waals surface area contributed by atoms with Gasteiger partial charge in [-0.2, -0.15) is 0 Å². The maximum Gasteiger partial charge on any atom is 0.0910 e. The van der Waals surface area contributed by atoms with Gasteiger partial charge in [-0.25, -0.2) is 0 Å². The van der Waals surface area contributed by atoms with Gasteiger partial charge in [0.2, 0.25) is 0 Å². The molecule has 1 aromatic rings. The van der Waals surface area contributed by atoms with Crippen LogP contribution in [0.15, 0.2) is 88.8 Å². The minimum atomic E-state index is 0.328. The van der Waals surface area contributed by atoms with Crippen LogP contribution in [0.2, 0.25) is 0 Å². The van der Waals surface area contributed by atoms with E-state index in [1.807, 2.05) is 33.8 Å². The van der Waals surface area contributed by atoms with Crippen LogP contribution in [0.5, 0.6) is 0 Å². The monoisotopic (exact) mass is 603 g/mol. The topological polar surface area (TPSA) is 20.2 Å². The lowest BCUT2D eigenvalue weighted by atomic mass is 9.74. The molecule has 1 N–H and O–H groups in total. The van der Waals surface area contributed by atoms with E-state index in [0.717, 1.165) is 32.1 Å². The van der Waals surface area contributed by atoms with Crippen molar-refractivity contribution in [2.75, 3.05) is 0 Å². The molecule has 0 saturated heterocycles. The fourth-order valence-corrected chi connectivity index (χ4v) is 5.89. The number of allylic oxidation sites excluding steroid dienone is 11. The van der Waals surface area contributed by atoms with Crippen LogP contribution in [0.3, 0.4) is 0 Å². The summed E-state index contributed by atoms with van der Waals surface area (Å²) in [7, 11) is 0. The molecule has 1 heteroatoms. The highest BCUT2D eigenvalue weighted by molar-refractivity contribution is 5.77. The Balaban J connectivity index is 0.000000975. The molecule has 0 heterocycles. The van der Waals surface area contributed by atoms with Crippen molar-refractivity contribution in [3.8, 4) is 0 Å². The first-order valence-electron chi connectivity index (χ1n) is 17.8. The van der Waals surface area contributed by atoms with Gasteiger partial charge in [0, 0.05) is 5.92 Å². The summed E-state index contributed by atoms with van der Waals surface area (Å²) in [5.41, 5.74) is 11.5. The second kappa shape index (κ2) is 22.0. The molecule has 0 bridgehead atoms. The number of fused-ring (bicyclic) bond motifs is 2. The van der Waals surface area contributed by atoms with Crippen molar-refractivity contribution in [3.05, 3.63) is 99.9 Å². The van der Waals surface area contributed by atoms with Crippen molar-refractivity contribution < 1.29 is 5.11 Å². The predicted octanol–water partition coefficient (Wildman–Crippen LogP) is 14.1. The second-order valence-corrected chi connectivity index (χ2v) is 12.9. The SMILES string of the molecule is C=C1C=C2/C(CC(C)C)=C\C(C)/C(=C/C)C(=C(C)C)C[C@H]2Cc2ccccc21.CC.CC.CCC(C)C/C=C(\O)C(C)CC. The molecule has 0 radical (unpaired) electrons. The summed E-state index contributed by atoms with van der Waals surface area (Å²) in [5, 5.41) is 9.52. The van der Waals surface area contributed by atoms with Crippen LogP contribution in [0.4, 0.5) is 0 Å². The quantitative estimate of drug-likeness (QED) is 0.308. The summed E-state index contributed by atoms with van der Waals surface area (Å²) in [5.74, 6) is 3.19. The van der Waals surface area contributed by atoms with Crippen molar-refractivity contribution in [1.82, 2.24) is 0 Å². The predicted molar refractivity (Wildman–Crippen MR) is 201 cm³/mol. The summed E-state index contributed by atoms with van der Waals surface area (Å²) in [4.78, 5) is 0. The first-order chi connectivity index (χ1) is 20.9. The third-order valence-electron chi connectivity index (χ3n) is 8.80. The largest absolute Gasteiger partial charge is 0.512 e. The van der Waals surface area contributed by atoms with Crippen molar-refractivity contribution in [3.63, 3.8) is 0 Å². The van der Waals surface area contributed by atoms with E-state index in [2.05, 4.69) is 118 Å². The molecule has 0 amide bonds. The Morgan fingerprint density at radius 2 is 1.59 bits per heavy atom. The zero-order valence-electron chi connectivity index (χ0n) is 31.4. The number of aliphatic hydroxyl groups excluding tert-OH is 1. The van der Waals surface area contributed by atoms with Crippen molar-refractivity contribution in [2.24, 2.45) is 29.6 Å². The van der Waals surface area contributed by atoms with Gasteiger partial charge in [-0.1, -0.05) is 137 Å². The Morgan fingerprint density at radius 1 is 0.977 bits per heavy atom. The fraction of sp³-hybridized carbons (Fsp3) is 0.581. The first kappa shape index (κ1) is 41.5. The second-order valence-electron chi connectivity index (χ2n) is 12.9. The minimum Gasteiger partial charge on any atom is -0.512 e. The summed E-state index contributed by atoms with van der Waals surface area (Å²) in [6.07, 6.45) is 15.8. The molecule has 2 aliphatic carbocycles. The zero-order chi connectivity index (χ0) is 34.0. The van der Waals surface area contributed by atoms with Crippen LogP contribution < -0.4 is 0 Å². The average molecular weight is 603 g/mol. The lowest BCUT2D eigenvalue weighted by molar-refractivity contribution is 0.331. The molecule has 0 spiro atoms. The van der Waals surface area contributed by atoms with E-state index < -0.39 is 0 Å². The smallest absolute Gasteiger partial charge is 0.0910 e. The van der Waals surface area contributed by atoms with E-state index in [9.17, 15) is 5.11 Å². The van der Waals surface area contributed by atoms with Crippen molar-refractivity contribution in [2.45, 2.75) is 135 Å². The molecular weight excluding hydrogens is 532 g/mol. The van der Waals surface area contributed by atoms with Gasteiger partial charge in [-0.05, 0) is 122 Å². The minimum absolute atomic E-state index is 0.328. The van der Waals surface area contributed by atoms with Gasteiger partial charge in [-0.15, -0.1) is 0 Å². The van der Waals surface area contributed by atoms with E-state index in [-0.39, 0.29) is 0 Å². The van der Waals surface area contributed by atoms with Gasteiger partial charge < -0.3 is 5.11 Å². The Morgan fingerprint density at radius 3 is 2.11 bits per heavy atom. The molecule has 4 atom stereocenters. The van der Waals surface area contributed by atoms with Crippen LogP contribution in [0.25, 0.3) is 5.57 Å². The summed E-state index contributed by atoms with van der Waals surface area (Å²) in [6, 6.07) is 8.85. The van der Waals surface area contributed by atoms with Gasteiger partial charge in [0.05, 0.1) is 5.76 Å². The van der Waals surface area contributed by atoms with Crippen LogP contribution in [0, 0.1) is 29.6 Å². The van der Waals surface area contributed by atoms with E-state index in [1.54, 1.807) is 5.57 Å². The maximum atomic E-state index is 9.52. The third-order valence-corrected chi connectivity index (χ3v) is 8.80. The van der Waals surface area contributed by atoms with Crippen LogP contribution >= 0.6 is 0 Å². The van der Waals surface area contributed by atoms with Crippen molar-refractivity contribution >= 4 is 5.57 Å². The highest BCUT2D eigenvalue weighted by Gasteiger charge is 2.29. The zero-order valence-corrected chi connectivity index (χ0v) is 31.4. The molecule has 1 nitrogen and oxygen atoms in total.